The van der Waals surface area contributed by atoms with Crippen LogP contribution >= 0.6 is 11.6 Å². The van der Waals surface area contributed by atoms with Gasteiger partial charge in [-0.2, -0.15) is 0 Å². The van der Waals surface area contributed by atoms with Crippen molar-refractivity contribution in [2.75, 3.05) is 31.9 Å². The monoisotopic (exact) mass is 307 g/mol. The Bertz CT molecular complexity index is 578. The number of hydrogen-bond donors (Lipinski definition) is 1. The molecule has 112 valence electrons. The van der Waals surface area contributed by atoms with Gasteiger partial charge in [0.1, 0.15) is 0 Å². The van der Waals surface area contributed by atoms with E-state index in [9.17, 15) is 9.59 Å². The first-order valence-corrected chi connectivity index (χ1v) is 7.57. The summed E-state index contributed by atoms with van der Waals surface area (Å²) in [7, 11) is 0. The van der Waals surface area contributed by atoms with Crippen molar-refractivity contribution >= 4 is 29.1 Å². The minimum atomic E-state index is -0.117. The smallest absolute Gasteiger partial charge is 0.256 e. The van der Waals surface area contributed by atoms with E-state index in [4.69, 9.17) is 17.3 Å². The molecule has 2 amide bonds. The molecule has 1 aliphatic heterocycles. The second-order valence-corrected chi connectivity index (χ2v) is 6.06. The van der Waals surface area contributed by atoms with Crippen LogP contribution in [0.5, 0.6) is 0 Å². The number of nitrogen functional groups attached to an aromatic ring is 1. The first-order valence-electron chi connectivity index (χ1n) is 7.19. The molecule has 21 heavy (non-hydrogen) atoms. The summed E-state index contributed by atoms with van der Waals surface area (Å²) in [5.41, 5.74) is 6.72. The molecule has 0 radical (unpaired) electrons. The minimum absolute atomic E-state index is 0.117. The SMILES string of the molecule is Nc1ccc(Cl)cc1C(=O)N1CCN(C(=O)C2CC2)CC1. The summed E-state index contributed by atoms with van der Waals surface area (Å²) in [5, 5.41) is 0.495. The fourth-order valence-electron chi connectivity index (χ4n) is 2.60. The first kappa shape index (κ1) is 14.2. The minimum Gasteiger partial charge on any atom is -0.398 e. The fourth-order valence-corrected chi connectivity index (χ4v) is 2.77. The number of hydrogen-bond acceptors (Lipinski definition) is 3. The number of carbonyl (C=O) groups is 2. The predicted molar refractivity (Wildman–Crippen MR) is 81.1 cm³/mol. The van der Waals surface area contributed by atoms with Gasteiger partial charge in [0, 0.05) is 42.8 Å². The van der Waals surface area contributed by atoms with Gasteiger partial charge in [0.2, 0.25) is 5.91 Å². The van der Waals surface area contributed by atoms with Crippen molar-refractivity contribution in [3.63, 3.8) is 0 Å². The van der Waals surface area contributed by atoms with E-state index < -0.39 is 0 Å². The number of halogens is 1. The number of amides is 2. The van der Waals surface area contributed by atoms with Crippen molar-refractivity contribution < 1.29 is 9.59 Å². The van der Waals surface area contributed by atoms with Crippen LogP contribution in [0, 0.1) is 5.92 Å². The first-order chi connectivity index (χ1) is 10.1. The van der Waals surface area contributed by atoms with Crippen molar-refractivity contribution in [2.24, 2.45) is 5.92 Å². The van der Waals surface area contributed by atoms with E-state index in [-0.39, 0.29) is 17.7 Å². The van der Waals surface area contributed by atoms with E-state index in [1.807, 2.05) is 4.90 Å². The van der Waals surface area contributed by atoms with E-state index in [1.165, 1.54) is 0 Å². The lowest BCUT2D eigenvalue weighted by atomic mass is 10.1. The molecule has 0 atom stereocenters. The van der Waals surface area contributed by atoms with Gasteiger partial charge in [0.05, 0.1) is 5.56 Å². The number of carbonyl (C=O) groups excluding carboxylic acids is 2. The Labute approximate surface area is 128 Å². The highest BCUT2D eigenvalue weighted by Gasteiger charge is 2.35. The highest BCUT2D eigenvalue weighted by atomic mass is 35.5. The number of rotatable bonds is 2. The Hall–Kier alpha value is -1.75. The molecule has 0 unspecified atom stereocenters. The standard InChI is InChI=1S/C15H18ClN3O2/c16-11-3-4-13(17)12(9-11)15(21)19-7-5-18(6-8-19)14(20)10-1-2-10/h3-4,9-10H,1-2,5-8,17H2. The van der Waals surface area contributed by atoms with E-state index in [2.05, 4.69) is 0 Å². The summed E-state index contributed by atoms with van der Waals surface area (Å²) < 4.78 is 0. The number of benzene rings is 1. The molecule has 0 bridgehead atoms. The zero-order chi connectivity index (χ0) is 15.0. The molecule has 1 aliphatic carbocycles. The maximum atomic E-state index is 12.5. The second kappa shape index (κ2) is 5.56. The van der Waals surface area contributed by atoms with Crippen molar-refractivity contribution in [2.45, 2.75) is 12.8 Å². The number of nitrogens with two attached hydrogens (primary N) is 1. The molecule has 0 aromatic heterocycles. The molecule has 1 aromatic rings. The Morgan fingerprint density at radius 3 is 2.33 bits per heavy atom. The second-order valence-electron chi connectivity index (χ2n) is 5.62. The van der Waals surface area contributed by atoms with Crippen molar-refractivity contribution in [1.82, 2.24) is 9.80 Å². The van der Waals surface area contributed by atoms with E-state index in [1.54, 1.807) is 23.1 Å². The molecule has 1 aromatic carbocycles. The highest BCUT2D eigenvalue weighted by Crippen LogP contribution is 2.31. The van der Waals surface area contributed by atoms with Gasteiger partial charge < -0.3 is 15.5 Å². The van der Waals surface area contributed by atoms with Crippen LogP contribution in [0.25, 0.3) is 0 Å². The predicted octanol–water partition coefficient (Wildman–Crippen LogP) is 1.62. The van der Waals surface area contributed by atoms with Gasteiger partial charge in [0.25, 0.3) is 5.91 Å². The molecule has 3 rings (SSSR count). The third-order valence-corrected chi connectivity index (χ3v) is 4.29. The van der Waals surface area contributed by atoms with E-state index in [0.717, 1.165) is 12.8 Å². The van der Waals surface area contributed by atoms with Gasteiger partial charge in [0.15, 0.2) is 0 Å². The maximum absolute atomic E-state index is 12.5. The van der Waals surface area contributed by atoms with Gasteiger partial charge in [-0.1, -0.05) is 11.6 Å². The topological polar surface area (TPSA) is 66.6 Å². The molecule has 5 nitrogen and oxygen atoms in total. The normalized spacial score (nSPS) is 18.7. The Morgan fingerprint density at radius 1 is 1.10 bits per heavy atom. The summed E-state index contributed by atoms with van der Waals surface area (Å²) in [6, 6.07) is 4.91. The third-order valence-electron chi connectivity index (χ3n) is 4.05. The lowest BCUT2D eigenvalue weighted by Crippen LogP contribution is -2.51. The average Bonchev–Trinajstić information content (AvgIpc) is 3.33. The molecule has 2 fully saturated rings. The lowest BCUT2D eigenvalue weighted by Gasteiger charge is -2.35. The lowest BCUT2D eigenvalue weighted by molar-refractivity contribution is -0.134. The van der Waals surface area contributed by atoms with Crippen LogP contribution in [0.3, 0.4) is 0 Å². The zero-order valence-corrected chi connectivity index (χ0v) is 12.5. The largest absolute Gasteiger partial charge is 0.398 e. The molecule has 1 saturated heterocycles. The van der Waals surface area contributed by atoms with E-state index in [0.29, 0.717) is 42.5 Å². The summed E-state index contributed by atoms with van der Waals surface area (Å²) in [4.78, 5) is 28.1. The maximum Gasteiger partial charge on any atom is 0.256 e. The summed E-state index contributed by atoms with van der Waals surface area (Å²) in [5.74, 6) is 0.355. The molecular weight excluding hydrogens is 290 g/mol. The van der Waals surface area contributed by atoms with Crippen LogP contribution in [0.1, 0.15) is 23.2 Å². The number of nitrogens with zero attached hydrogens (tertiary/aromatic N) is 2. The van der Waals surface area contributed by atoms with Crippen LogP contribution in [0.15, 0.2) is 18.2 Å². The summed E-state index contributed by atoms with van der Waals surface area (Å²) >= 11 is 5.93. The third kappa shape index (κ3) is 2.97. The molecule has 6 heteroatoms. The van der Waals surface area contributed by atoms with Gasteiger partial charge in [-0.05, 0) is 31.0 Å². The quantitative estimate of drug-likeness (QED) is 0.844. The molecular formula is C15H18ClN3O2. The number of piperazine rings is 1. The Kier molecular flexibility index (Phi) is 3.76. The average molecular weight is 308 g/mol. The molecule has 1 heterocycles. The Balaban J connectivity index is 1.64. The fraction of sp³-hybridized carbons (Fsp3) is 0.467. The van der Waals surface area contributed by atoms with Gasteiger partial charge in [-0.15, -0.1) is 0 Å². The summed E-state index contributed by atoms with van der Waals surface area (Å²) in [6.45, 7) is 2.29. The van der Waals surface area contributed by atoms with Crippen LogP contribution in [0.2, 0.25) is 5.02 Å². The Morgan fingerprint density at radius 2 is 1.71 bits per heavy atom. The number of anilines is 1. The highest BCUT2D eigenvalue weighted by molar-refractivity contribution is 6.31. The van der Waals surface area contributed by atoms with Crippen LogP contribution in [-0.4, -0.2) is 47.8 Å². The van der Waals surface area contributed by atoms with Gasteiger partial charge in [-0.25, -0.2) is 0 Å². The van der Waals surface area contributed by atoms with Crippen LogP contribution < -0.4 is 5.73 Å². The van der Waals surface area contributed by atoms with E-state index >= 15 is 0 Å². The molecule has 0 spiro atoms. The zero-order valence-electron chi connectivity index (χ0n) is 11.7. The van der Waals surface area contributed by atoms with Crippen molar-refractivity contribution in [3.05, 3.63) is 28.8 Å². The van der Waals surface area contributed by atoms with Crippen molar-refractivity contribution in [3.8, 4) is 0 Å². The molecule has 2 N–H and O–H groups in total. The molecule has 1 saturated carbocycles. The van der Waals surface area contributed by atoms with Crippen LogP contribution in [-0.2, 0) is 4.79 Å². The van der Waals surface area contributed by atoms with Gasteiger partial charge >= 0.3 is 0 Å². The van der Waals surface area contributed by atoms with Gasteiger partial charge in [-0.3, -0.25) is 9.59 Å². The summed E-state index contributed by atoms with van der Waals surface area (Å²) in [6.07, 6.45) is 2.02. The van der Waals surface area contributed by atoms with Crippen LogP contribution in [0.4, 0.5) is 5.69 Å². The molecule has 2 aliphatic rings. The van der Waals surface area contributed by atoms with Crippen molar-refractivity contribution in [1.29, 1.82) is 0 Å².